The number of anilines is 1. The summed E-state index contributed by atoms with van der Waals surface area (Å²) in [5.41, 5.74) is 1.51. The van der Waals surface area contributed by atoms with E-state index in [4.69, 9.17) is 16.3 Å². The predicted octanol–water partition coefficient (Wildman–Crippen LogP) is 3.01. The number of methoxy groups -OCH3 is 1. The summed E-state index contributed by atoms with van der Waals surface area (Å²) in [5, 5.41) is 0.533. The fraction of sp³-hybridized carbons (Fsp3) is 0.353. The molecule has 7 nitrogen and oxygen atoms in total. The Bertz CT molecular complexity index is 926. The van der Waals surface area contributed by atoms with Crippen molar-refractivity contribution in [1.82, 2.24) is 14.5 Å². The van der Waals surface area contributed by atoms with Crippen LogP contribution in [0, 0.1) is 0 Å². The highest BCUT2D eigenvalue weighted by molar-refractivity contribution is 9.10. The van der Waals surface area contributed by atoms with Crippen LogP contribution in [-0.2, 0) is 6.54 Å². The van der Waals surface area contributed by atoms with Crippen LogP contribution >= 0.6 is 27.5 Å². The number of amides is 1. The van der Waals surface area contributed by atoms with Gasteiger partial charge in [-0.3, -0.25) is 19.6 Å². The summed E-state index contributed by atoms with van der Waals surface area (Å²) in [4.78, 5) is 25.8. The summed E-state index contributed by atoms with van der Waals surface area (Å²) in [6.07, 6.45) is 0. The minimum atomic E-state index is -0.0859. The largest absolute Gasteiger partial charge is 0.495 e. The number of rotatable bonds is 4. The standard InChI is InChI=1S/C17H17BrClN5O2/c1-3-22-15(25)13-14(23-7-6-20-17(22)23)21-16(18)24(13)9-10-4-5-12(26-2)11(19)8-10/h4-5,8H,3,6-7,9H2,1-2H3. The second-order valence-electron chi connectivity index (χ2n) is 5.99. The quantitative estimate of drug-likeness (QED) is 0.736. The molecule has 136 valence electrons. The van der Waals surface area contributed by atoms with E-state index < -0.39 is 0 Å². The van der Waals surface area contributed by atoms with E-state index in [1.807, 2.05) is 34.6 Å². The Hall–Kier alpha value is -2.06. The van der Waals surface area contributed by atoms with Gasteiger partial charge in [0.1, 0.15) is 5.75 Å². The van der Waals surface area contributed by atoms with E-state index in [1.165, 1.54) is 0 Å². The number of guanidine groups is 1. The molecule has 2 aliphatic heterocycles. The second-order valence-corrected chi connectivity index (χ2v) is 7.11. The number of hydrogen-bond acceptors (Lipinski definition) is 5. The van der Waals surface area contributed by atoms with Crippen molar-refractivity contribution < 1.29 is 9.53 Å². The fourth-order valence-electron chi connectivity index (χ4n) is 3.32. The molecule has 2 aromatic rings. The number of nitrogens with zero attached hydrogens (tertiary/aromatic N) is 5. The lowest BCUT2D eigenvalue weighted by molar-refractivity contribution is 0.0836. The Morgan fingerprint density at radius 2 is 2.19 bits per heavy atom. The van der Waals surface area contributed by atoms with Crippen molar-refractivity contribution in [3.63, 3.8) is 0 Å². The van der Waals surface area contributed by atoms with E-state index in [1.54, 1.807) is 12.0 Å². The van der Waals surface area contributed by atoms with Gasteiger partial charge in [0.05, 0.1) is 25.2 Å². The molecule has 4 rings (SSSR count). The normalized spacial score (nSPS) is 15.8. The highest BCUT2D eigenvalue weighted by Crippen LogP contribution is 2.34. The van der Waals surface area contributed by atoms with E-state index >= 15 is 0 Å². The third-order valence-corrected chi connectivity index (χ3v) is 5.44. The van der Waals surface area contributed by atoms with Gasteiger partial charge >= 0.3 is 0 Å². The molecule has 1 aromatic heterocycles. The number of hydrogen-bond donors (Lipinski definition) is 0. The van der Waals surface area contributed by atoms with Gasteiger partial charge in [-0.15, -0.1) is 0 Å². The molecule has 0 radical (unpaired) electrons. The van der Waals surface area contributed by atoms with Crippen molar-refractivity contribution in [2.75, 3.05) is 31.6 Å². The first-order valence-corrected chi connectivity index (χ1v) is 9.44. The number of ether oxygens (including phenoxy) is 1. The number of benzene rings is 1. The smallest absolute Gasteiger partial charge is 0.281 e. The van der Waals surface area contributed by atoms with E-state index in [9.17, 15) is 4.79 Å². The predicted molar refractivity (Wildman–Crippen MR) is 103 cm³/mol. The molecule has 0 N–H and O–H groups in total. The van der Waals surface area contributed by atoms with Crippen LogP contribution in [-0.4, -0.2) is 53.1 Å². The number of fused-ring (bicyclic) bond motifs is 3. The number of halogens is 2. The highest BCUT2D eigenvalue weighted by atomic mass is 79.9. The van der Waals surface area contributed by atoms with Crippen LogP contribution in [0.4, 0.5) is 5.82 Å². The summed E-state index contributed by atoms with van der Waals surface area (Å²) < 4.78 is 7.67. The fourth-order valence-corrected chi connectivity index (χ4v) is 4.07. The second kappa shape index (κ2) is 6.59. The van der Waals surface area contributed by atoms with Gasteiger partial charge in [-0.05, 0) is 40.5 Å². The Kier molecular flexibility index (Phi) is 4.40. The van der Waals surface area contributed by atoms with Crippen molar-refractivity contribution in [2.24, 2.45) is 4.99 Å². The van der Waals surface area contributed by atoms with Crippen molar-refractivity contribution in [3.8, 4) is 5.75 Å². The van der Waals surface area contributed by atoms with E-state index in [2.05, 4.69) is 25.9 Å². The monoisotopic (exact) mass is 437 g/mol. The van der Waals surface area contributed by atoms with Crippen LogP contribution in [0.15, 0.2) is 27.9 Å². The maximum atomic E-state index is 13.1. The zero-order chi connectivity index (χ0) is 18.4. The average Bonchev–Trinajstić information content (AvgIpc) is 3.21. The van der Waals surface area contributed by atoms with Crippen LogP contribution in [0.2, 0.25) is 5.02 Å². The minimum absolute atomic E-state index is 0.0859. The summed E-state index contributed by atoms with van der Waals surface area (Å²) in [5.74, 6) is 1.88. The van der Waals surface area contributed by atoms with E-state index in [-0.39, 0.29) is 5.91 Å². The third kappa shape index (κ3) is 2.59. The molecular formula is C17H17BrClN5O2. The number of aliphatic imine (C=N–C) groups is 1. The SMILES string of the molecule is CCN1C(=O)c2c(nc(Br)n2Cc2ccc(OC)c(Cl)c2)N2CCN=C12. The molecule has 3 heterocycles. The zero-order valence-corrected chi connectivity index (χ0v) is 16.7. The molecule has 0 spiro atoms. The minimum Gasteiger partial charge on any atom is -0.495 e. The summed E-state index contributed by atoms with van der Waals surface area (Å²) in [6, 6.07) is 5.59. The van der Waals surface area contributed by atoms with Gasteiger partial charge in [-0.25, -0.2) is 4.98 Å². The number of aromatic nitrogens is 2. The zero-order valence-electron chi connectivity index (χ0n) is 14.4. The molecular weight excluding hydrogens is 422 g/mol. The topological polar surface area (TPSA) is 63.0 Å². The van der Waals surface area contributed by atoms with Crippen LogP contribution in [0.1, 0.15) is 23.0 Å². The van der Waals surface area contributed by atoms with Crippen molar-refractivity contribution in [1.29, 1.82) is 0 Å². The molecule has 2 aliphatic rings. The number of carbonyl (C=O) groups excluding carboxylic acids is 1. The van der Waals surface area contributed by atoms with Gasteiger partial charge < -0.3 is 9.30 Å². The van der Waals surface area contributed by atoms with Gasteiger partial charge in [-0.2, -0.15) is 0 Å². The third-order valence-electron chi connectivity index (χ3n) is 4.54. The van der Waals surface area contributed by atoms with Crippen LogP contribution < -0.4 is 9.64 Å². The van der Waals surface area contributed by atoms with Gasteiger partial charge in [-0.1, -0.05) is 17.7 Å². The average molecular weight is 439 g/mol. The first kappa shape index (κ1) is 17.4. The Labute approximate surface area is 164 Å². The molecule has 1 amide bonds. The molecule has 0 saturated carbocycles. The highest BCUT2D eigenvalue weighted by Gasteiger charge is 2.40. The Morgan fingerprint density at radius 3 is 2.88 bits per heavy atom. The molecule has 1 aromatic carbocycles. The molecule has 0 aliphatic carbocycles. The molecule has 0 fully saturated rings. The molecule has 0 saturated heterocycles. The first-order valence-electron chi connectivity index (χ1n) is 8.27. The maximum Gasteiger partial charge on any atom is 0.281 e. The maximum absolute atomic E-state index is 13.1. The van der Waals surface area contributed by atoms with Gasteiger partial charge in [0.2, 0.25) is 5.96 Å². The lowest BCUT2D eigenvalue weighted by atomic mass is 10.2. The lowest BCUT2D eigenvalue weighted by Crippen LogP contribution is -2.50. The number of carbonyl (C=O) groups is 1. The Balaban J connectivity index is 1.77. The first-order chi connectivity index (χ1) is 12.5. The van der Waals surface area contributed by atoms with Gasteiger partial charge in [0.15, 0.2) is 16.2 Å². The van der Waals surface area contributed by atoms with Crippen LogP contribution in [0.25, 0.3) is 0 Å². The number of imidazole rings is 1. The molecule has 0 atom stereocenters. The van der Waals surface area contributed by atoms with Crippen LogP contribution in [0.5, 0.6) is 5.75 Å². The Morgan fingerprint density at radius 1 is 1.38 bits per heavy atom. The van der Waals surface area contributed by atoms with Crippen molar-refractivity contribution in [2.45, 2.75) is 13.5 Å². The van der Waals surface area contributed by atoms with Crippen molar-refractivity contribution in [3.05, 3.63) is 39.2 Å². The molecule has 0 unspecified atom stereocenters. The van der Waals surface area contributed by atoms with Gasteiger partial charge in [0, 0.05) is 13.1 Å². The molecule has 0 bridgehead atoms. The molecule has 26 heavy (non-hydrogen) atoms. The lowest BCUT2D eigenvalue weighted by Gasteiger charge is -2.32. The summed E-state index contributed by atoms with van der Waals surface area (Å²) in [6.45, 7) is 4.36. The van der Waals surface area contributed by atoms with E-state index in [0.29, 0.717) is 52.6 Å². The van der Waals surface area contributed by atoms with Crippen molar-refractivity contribution >= 4 is 45.2 Å². The summed E-state index contributed by atoms with van der Waals surface area (Å²) in [7, 11) is 1.58. The van der Waals surface area contributed by atoms with Gasteiger partial charge in [0.25, 0.3) is 5.91 Å². The van der Waals surface area contributed by atoms with E-state index in [0.717, 1.165) is 12.1 Å². The molecule has 9 heteroatoms. The summed E-state index contributed by atoms with van der Waals surface area (Å²) >= 11 is 9.74. The van der Waals surface area contributed by atoms with Crippen LogP contribution in [0.3, 0.4) is 0 Å².